The summed E-state index contributed by atoms with van der Waals surface area (Å²) in [6.07, 6.45) is 4.25. The van der Waals surface area contributed by atoms with Crippen LogP contribution in [0.1, 0.15) is 72.7 Å². The molecular weight excluding hydrogens is 531 g/mol. The quantitative estimate of drug-likeness (QED) is 0.405. The number of methoxy groups -OCH3 is 1. The molecule has 3 aromatic rings. The Morgan fingerprint density at radius 1 is 1.07 bits per heavy atom. The van der Waals surface area contributed by atoms with Crippen molar-refractivity contribution in [3.05, 3.63) is 48.4 Å². The Bertz CT molecular complexity index is 1500. The minimum atomic E-state index is -0.656. The summed E-state index contributed by atoms with van der Waals surface area (Å²) < 4.78 is 17.3. The number of likely N-dealkylation sites (tertiary alicyclic amines) is 1. The molecule has 9 nitrogen and oxygen atoms in total. The van der Waals surface area contributed by atoms with E-state index in [1.165, 1.54) is 7.11 Å². The van der Waals surface area contributed by atoms with Crippen LogP contribution in [0.15, 0.2) is 42.6 Å². The number of hydrogen-bond acceptors (Lipinski definition) is 6. The Morgan fingerprint density at radius 3 is 2.45 bits per heavy atom. The van der Waals surface area contributed by atoms with E-state index >= 15 is 0 Å². The summed E-state index contributed by atoms with van der Waals surface area (Å²) in [5.41, 5.74) is 2.16. The number of carbonyl (C=O) groups excluding carboxylic acids is 2. The molecule has 2 aliphatic heterocycles. The van der Waals surface area contributed by atoms with Crippen molar-refractivity contribution >= 4 is 35.4 Å². The number of carbonyl (C=O) groups is 2. The number of amides is 2. The van der Waals surface area contributed by atoms with Crippen LogP contribution in [0, 0.1) is 11.8 Å². The van der Waals surface area contributed by atoms with Crippen molar-refractivity contribution in [1.29, 1.82) is 0 Å². The number of alkyl carbamates (subject to hydrolysis) is 1. The predicted molar refractivity (Wildman–Crippen MR) is 162 cm³/mol. The number of piperidine rings is 1. The van der Waals surface area contributed by atoms with Gasteiger partial charge in [0.05, 0.1) is 36.2 Å². The van der Waals surface area contributed by atoms with E-state index in [9.17, 15) is 9.59 Å². The number of nitrogens with one attached hydrogen (secondary N) is 2. The van der Waals surface area contributed by atoms with Crippen molar-refractivity contribution < 1.29 is 23.6 Å². The molecule has 42 heavy (non-hydrogen) atoms. The molecule has 0 spiro atoms. The number of fused-ring (bicyclic) bond motifs is 3. The fourth-order valence-corrected chi connectivity index (χ4v) is 6.71. The highest BCUT2D eigenvalue weighted by molar-refractivity contribution is 6.62. The van der Waals surface area contributed by atoms with E-state index in [1.54, 1.807) is 0 Å². The smallest absolute Gasteiger partial charge is 0.453 e. The number of aromatic amines is 1. The minimum absolute atomic E-state index is 0.0749. The van der Waals surface area contributed by atoms with Crippen LogP contribution < -0.4 is 10.8 Å². The first-order chi connectivity index (χ1) is 19.9. The molecule has 3 aliphatic rings. The third-order valence-electron chi connectivity index (χ3n) is 9.81. The highest BCUT2D eigenvalue weighted by atomic mass is 16.7. The summed E-state index contributed by atoms with van der Waals surface area (Å²) in [4.78, 5) is 36.1. The number of imidazole rings is 1. The predicted octanol–water partition coefficient (Wildman–Crippen LogP) is 4.96. The maximum Gasteiger partial charge on any atom is 0.494 e. The number of rotatable bonds is 6. The molecule has 2 amide bonds. The Kier molecular flexibility index (Phi) is 7.13. The van der Waals surface area contributed by atoms with Crippen LogP contribution in [-0.4, -0.2) is 64.4 Å². The summed E-state index contributed by atoms with van der Waals surface area (Å²) in [6, 6.07) is 12.0. The molecule has 1 saturated carbocycles. The zero-order chi connectivity index (χ0) is 30.0. The van der Waals surface area contributed by atoms with Gasteiger partial charge in [0.15, 0.2) is 0 Å². The average molecular weight is 573 g/mol. The minimum Gasteiger partial charge on any atom is -0.453 e. The van der Waals surface area contributed by atoms with Gasteiger partial charge in [-0.3, -0.25) is 4.79 Å². The van der Waals surface area contributed by atoms with Gasteiger partial charge in [-0.25, -0.2) is 9.78 Å². The van der Waals surface area contributed by atoms with Crippen molar-refractivity contribution in [2.75, 3.05) is 7.11 Å². The Balaban J connectivity index is 1.24. The standard InChI is InChI=1S/C32H41BN4O5/c1-18(2)26(36-30(39)40-7)29(38)37-24-13-11-22(16-24)27(37)28-34-17-25(35-28)21-9-8-20-15-23(12-10-19(20)14-21)33-41-31(3,4)32(5,6)42-33/h8-10,12,14-15,17-18,22,24,26-27H,11,13,16H2,1-7H3,(H,34,35)(H,36,39)/t22-,24+,26-,27-/m0/s1. The molecule has 6 rings (SSSR count). The molecule has 222 valence electrons. The van der Waals surface area contributed by atoms with Crippen LogP contribution in [0.3, 0.4) is 0 Å². The second-order valence-electron chi connectivity index (χ2n) is 13.4. The molecule has 2 bridgehead atoms. The van der Waals surface area contributed by atoms with E-state index in [0.29, 0.717) is 5.92 Å². The van der Waals surface area contributed by atoms with Crippen molar-refractivity contribution in [3.8, 4) is 11.3 Å². The second kappa shape index (κ2) is 10.4. The normalized spacial score (nSPS) is 24.9. The Morgan fingerprint density at radius 2 is 1.76 bits per heavy atom. The average Bonchev–Trinajstić information content (AvgIpc) is 3.73. The summed E-state index contributed by atoms with van der Waals surface area (Å²) in [6.45, 7) is 12.1. The number of H-pyrrole nitrogens is 1. The molecule has 3 fully saturated rings. The van der Waals surface area contributed by atoms with Crippen molar-refractivity contribution in [2.24, 2.45) is 11.8 Å². The van der Waals surface area contributed by atoms with Crippen LogP contribution in [0.25, 0.3) is 22.0 Å². The molecule has 0 unspecified atom stereocenters. The fourth-order valence-electron chi connectivity index (χ4n) is 6.71. The molecule has 10 heteroatoms. The van der Waals surface area contributed by atoms with E-state index in [4.69, 9.17) is 19.0 Å². The molecule has 1 aromatic heterocycles. The van der Waals surface area contributed by atoms with E-state index in [-0.39, 0.29) is 35.1 Å². The highest BCUT2D eigenvalue weighted by Gasteiger charge is 2.52. The molecule has 0 radical (unpaired) electrons. The molecular formula is C32H41BN4O5. The lowest BCUT2D eigenvalue weighted by molar-refractivity contribution is -0.139. The number of hydrogen-bond donors (Lipinski definition) is 2. The Hall–Kier alpha value is -3.37. The van der Waals surface area contributed by atoms with Crippen LogP contribution in [-0.2, 0) is 18.8 Å². The van der Waals surface area contributed by atoms with Gasteiger partial charge in [0, 0.05) is 11.6 Å². The summed E-state index contributed by atoms with van der Waals surface area (Å²) in [5.74, 6) is 0.983. The monoisotopic (exact) mass is 572 g/mol. The number of ether oxygens (including phenoxy) is 1. The van der Waals surface area contributed by atoms with Crippen LogP contribution in [0.5, 0.6) is 0 Å². The zero-order valence-electron chi connectivity index (χ0n) is 25.6. The third kappa shape index (κ3) is 4.88. The van der Waals surface area contributed by atoms with Gasteiger partial charge in [-0.15, -0.1) is 0 Å². The molecule has 4 atom stereocenters. The molecule has 1 aliphatic carbocycles. The van der Waals surface area contributed by atoms with E-state index in [1.807, 2.05) is 24.9 Å². The third-order valence-corrected chi connectivity index (χ3v) is 9.81. The van der Waals surface area contributed by atoms with Gasteiger partial charge in [0.25, 0.3) is 0 Å². The van der Waals surface area contributed by atoms with Gasteiger partial charge in [-0.05, 0) is 81.1 Å². The molecule has 2 N–H and O–H groups in total. The summed E-state index contributed by atoms with van der Waals surface area (Å²) in [7, 11) is 0.910. The van der Waals surface area contributed by atoms with Gasteiger partial charge in [0.2, 0.25) is 5.91 Å². The van der Waals surface area contributed by atoms with Gasteiger partial charge in [-0.2, -0.15) is 0 Å². The maximum absolute atomic E-state index is 13.8. The first kappa shape index (κ1) is 28.7. The first-order valence-electron chi connectivity index (χ1n) is 15.0. The van der Waals surface area contributed by atoms with E-state index in [0.717, 1.165) is 52.6 Å². The molecule has 2 saturated heterocycles. The van der Waals surface area contributed by atoms with Crippen molar-refractivity contribution in [2.45, 2.75) is 90.1 Å². The lowest BCUT2D eigenvalue weighted by Gasteiger charge is -2.37. The summed E-state index contributed by atoms with van der Waals surface area (Å²) in [5, 5.41) is 4.96. The van der Waals surface area contributed by atoms with E-state index in [2.05, 4.69) is 74.4 Å². The highest BCUT2D eigenvalue weighted by Crippen LogP contribution is 2.50. The van der Waals surface area contributed by atoms with Gasteiger partial charge < -0.3 is 29.2 Å². The van der Waals surface area contributed by atoms with Crippen LogP contribution >= 0.6 is 0 Å². The van der Waals surface area contributed by atoms with Crippen LogP contribution in [0.4, 0.5) is 4.79 Å². The molecule has 2 aromatic carbocycles. The van der Waals surface area contributed by atoms with Crippen molar-refractivity contribution in [1.82, 2.24) is 20.2 Å². The lowest BCUT2D eigenvalue weighted by atomic mass is 9.78. The van der Waals surface area contributed by atoms with Gasteiger partial charge in [-0.1, -0.05) is 44.2 Å². The largest absolute Gasteiger partial charge is 0.494 e. The Labute approximate surface area is 247 Å². The van der Waals surface area contributed by atoms with E-state index < -0.39 is 19.3 Å². The molecule has 3 heterocycles. The number of nitrogens with zero attached hydrogens (tertiary/aromatic N) is 2. The first-order valence-corrected chi connectivity index (χ1v) is 15.0. The number of aromatic nitrogens is 2. The van der Waals surface area contributed by atoms with Gasteiger partial charge >= 0.3 is 13.2 Å². The fraction of sp³-hybridized carbons (Fsp3) is 0.531. The summed E-state index contributed by atoms with van der Waals surface area (Å²) >= 11 is 0. The maximum atomic E-state index is 13.8. The van der Waals surface area contributed by atoms with Crippen LogP contribution in [0.2, 0.25) is 0 Å². The second-order valence-corrected chi connectivity index (χ2v) is 13.4. The van der Waals surface area contributed by atoms with Gasteiger partial charge in [0.1, 0.15) is 11.9 Å². The lowest BCUT2D eigenvalue weighted by Crippen LogP contribution is -2.54. The zero-order valence-corrected chi connectivity index (χ0v) is 25.6. The SMILES string of the molecule is COC(=O)N[C@H](C(=O)N1[C@@H]2CC[C@@H](C2)[C@H]1c1ncc(-c2ccc3cc(B4OC(C)(C)C(C)(C)O4)ccc3c2)[nH]1)C(C)C. The number of benzene rings is 2. The topological polar surface area (TPSA) is 106 Å². The van der Waals surface area contributed by atoms with Crippen molar-refractivity contribution in [3.63, 3.8) is 0 Å².